The SMILES string of the molecule is CC(C)CCN(C(=O)CC1CCCO1)c1ncc(C(=O)NCCCn2ccnc2)s1. The zero-order valence-corrected chi connectivity index (χ0v) is 18.6. The lowest BCUT2D eigenvalue weighted by atomic mass is 10.1. The van der Waals surface area contributed by atoms with Gasteiger partial charge >= 0.3 is 0 Å². The zero-order chi connectivity index (χ0) is 21.3. The van der Waals surface area contributed by atoms with Crippen molar-refractivity contribution in [3.8, 4) is 0 Å². The number of rotatable bonds is 11. The highest BCUT2D eigenvalue weighted by molar-refractivity contribution is 7.17. The van der Waals surface area contributed by atoms with Crippen LogP contribution in [0.4, 0.5) is 5.13 Å². The van der Waals surface area contributed by atoms with E-state index in [4.69, 9.17) is 4.74 Å². The summed E-state index contributed by atoms with van der Waals surface area (Å²) in [4.78, 5) is 36.0. The summed E-state index contributed by atoms with van der Waals surface area (Å²) in [7, 11) is 0. The van der Waals surface area contributed by atoms with E-state index < -0.39 is 0 Å². The van der Waals surface area contributed by atoms with Crippen molar-refractivity contribution in [1.29, 1.82) is 0 Å². The number of hydrogen-bond acceptors (Lipinski definition) is 6. The molecule has 2 aromatic heterocycles. The number of aromatic nitrogens is 3. The summed E-state index contributed by atoms with van der Waals surface area (Å²) in [6.45, 7) is 6.96. The maximum atomic E-state index is 12.9. The van der Waals surface area contributed by atoms with Crippen LogP contribution >= 0.6 is 11.3 Å². The Hall–Kier alpha value is -2.26. The molecule has 8 nitrogen and oxygen atoms in total. The van der Waals surface area contributed by atoms with E-state index in [1.165, 1.54) is 11.3 Å². The maximum Gasteiger partial charge on any atom is 0.263 e. The Balaban J connectivity index is 1.55. The van der Waals surface area contributed by atoms with Gasteiger partial charge in [0.2, 0.25) is 5.91 Å². The van der Waals surface area contributed by atoms with Crippen molar-refractivity contribution in [1.82, 2.24) is 19.9 Å². The molecule has 30 heavy (non-hydrogen) atoms. The van der Waals surface area contributed by atoms with Crippen LogP contribution in [0.3, 0.4) is 0 Å². The predicted octanol–water partition coefficient (Wildman–Crippen LogP) is 3.11. The van der Waals surface area contributed by atoms with Crippen LogP contribution in [-0.2, 0) is 16.1 Å². The van der Waals surface area contributed by atoms with Crippen molar-refractivity contribution in [2.24, 2.45) is 5.92 Å². The van der Waals surface area contributed by atoms with Crippen LogP contribution in [0, 0.1) is 5.92 Å². The van der Waals surface area contributed by atoms with Crippen LogP contribution in [0.15, 0.2) is 24.9 Å². The number of carbonyl (C=O) groups is 2. The molecule has 0 saturated carbocycles. The van der Waals surface area contributed by atoms with Gasteiger partial charge in [0, 0.05) is 38.6 Å². The average molecular weight is 434 g/mol. The molecule has 3 rings (SSSR count). The number of thiazole rings is 1. The van der Waals surface area contributed by atoms with E-state index in [9.17, 15) is 9.59 Å². The second kappa shape index (κ2) is 11.2. The fourth-order valence-electron chi connectivity index (χ4n) is 3.29. The Morgan fingerprint density at radius 2 is 2.30 bits per heavy atom. The van der Waals surface area contributed by atoms with Gasteiger partial charge in [-0.05, 0) is 31.6 Å². The molecule has 0 spiro atoms. The van der Waals surface area contributed by atoms with Gasteiger partial charge in [0.25, 0.3) is 5.91 Å². The fraction of sp³-hybridized carbons (Fsp3) is 0.619. The van der Waals surface area contributed by atoms with Gasteiger partial charge in [-0.25, -0.2) is 9.97 Å². The van der Waals surface area contributed by atoms with Gasteiger partial charge in [0.15, 0.2) is 5.13 Å². The lowest BCUT2D eigenvalue weighted by Crippen LogP contribution is -2.34. The molecule has 0 aromatic carbocycles. The van der Waals surface area contributed by atoms with E-state index in [0.717, 1.165) is 38.8 Å². The monoisotopic (exact) mass is 433 g/mol. The number of anilines is 1. The van der Waals surface area contributed by atoms with E-state index in [0.29, 0.717) is 35.4 Å². The van der Waals surface area contributed by atoms with Crippen LogP contribution < -0.4 is 10.2 Å². The quantitative estimate of drug-likeness (QED) is 0.550. The topological polar surface area (TPSA) is 89.4 Å². The minimum atomic E-state index is -0.153. The van der Waals surface area contributed by atoms with Gasteiger partial charge in [-0.2, -0.15) is 0 Å². The van der Waals surface area contributed by atoms with Gasteiger partial charge < -0.3 is 14.6 Å². The summed E-state index contributed by atoms with van der Waals surface area (Å²) in [5.74, 6) is 0.338. The molecule has 2 aromatic rings. The van der Waals surface area contributed by atoms with Crippen LogP contribution in [0.2, 0.25) is 0 Å². The molecule has 3 heterocycles. The van der Waals surface area contributed by atoms with Crippen LogP contribution in [0.25, 0.3) is 0 Å². The van der Waals surface area contributed by atoms with E-state index in [1.54, 1.807) is 23.6 Å². The largest absolute Gasteiger partial charge is 0.378 e. The van der Waals surface area contributed by atoms with Gasteiger partial charge in [-0.15, -0.1) is 0 Å². The van der Waals surface area contributed by atoms with Gasteiger partial charge in [0.1, 0.15) is 4.88 Å². The fourth-order valence-corrected chi connectivity index (χ4v) is 4.16. The smallest absolute Gasteiger partial charge is 0.263 e. The van der Waals surface area contributed by atoms with E-state index in [2.05, 4.69) is 29.1 Å². The molecule has 164 valence electrons. The molecule has 1 unspecified atom stereocenters. The minimum absolute atomic E-state index is 0.00252. The summed E-state index contributed by atoms with van der Waals surface area (Å²) in [5.41, 5.74) is 0. The van der Waals surface area contributed by atoms with Crippen molar-refractivity contribution < 1.29 is 14.3 Å². The third kappa shape index (κ3) is 6.63. The first-order valence-corrected chi connectivity index (χ1v) is 11.5. The number of nitrogens with one attached hydrogen (secondary N) is 1. The molecule has 2 amide bonds. The number of nitrogens with zero attached hydrogens (tertiary/aromatic N) is 4. The summed E-state index contributed by atoms with van der Waals surface area (Å²) in [6.07, 6.45) is 11.0. The molecular formula is C21H31N5O3S. The first kappa shape index (κ1) is 22.4. The molecule has 1 aliphatic heterocycles. The second-order valence-corrected chi connectivity index (χ2v) is 8.99. The van der Waals surface area contributed by atoms with Crippen LogP contribution in [0.1, 0.15) is 55.6 Å². The van der Waals surface area contributed by atoms with E-state index in [-0.39, 0.29) is 17.9 Å². The summed E-state index contributed by atoms with van der Waals surface area (Å²) in [6, 6.07) is 0. The Bertz CT molecular complexity index is 799. The number of carbonyl (C=O) groups excluding carboxylic acids is 2. The highest BCUT2D eigenvalue weighted by atomic mass is 32.1. The molecule has 1 fully saturated rings. The van der Waals surface area contributed by atoms with E-state index >= 15 is 0 Å². The molecule has 1 saturated heterocycles. The molecule has 1 atom stereocenters. The maximum absolute atomic E-state index is 12.9. The third-order valence-corrected chi connectivity index (χ3v) is 6.06. The third-order valence-electron chi connectivity index (χ3n) is 5.04. The summed E-state index contributed by atoms with van der Waals surface area (Å²) in [5, 5.41) is 3.51. The van der Waals surface area contributed by atoms with Crippen molar-refractivity contribution in [3.63, 3.8) is 0 Å². The first-order chi connectivity index (χ1) is 14.5. The van der Waals surface area contributed by atoms with Crippen LogP contribution in [0.5, 0.6) is 0 Å². The van der Waals surface area contributed by atoms with Crippen molar-refractivity contribution >= 4 is 28.3 Å². The summed E-state index contributed by atoms with van der Waals surface area (Å²) >= 11 is 1.27. The number of ether oxygens (including phenoxy) is 1. The Kier molecular flexibility index (Phi) is 8.39. The molecule has 0 aliphatic carbocycles. The van der Waals surface area contributed by atoms with Gasteiger partial charge in [-0.1, -0.05) is 25.2 Å². The minimum Gasteiger partial charge on any atom is -0.378 e. The molecule has 0 radical (unpaired) electrons. The number of hydrogen-bond donors (Lipinski definition) is 1. The molecule has 0 bridgehead atoms. The molecule has 1 aliphatic rings. The molecular weight excluding hydrogens is 402 g/mol. The highest BCUT2D eigenvalue weighted by Gasteiger charge is 2.26. The number of aryl methyl sites for hydroxylation is 1. The normalized spacial score (nSPS) is 16.2. The standard InChI is InChI=1S/C21H31N5O3S/c1-16(2)6-10-26(19(27)13-17-5-3-12-29-17)21-24-14-18(30-21)20(28)23-7-4-9-25-11-8-22-15-25/h8,11,14-17H,3-7,9-10,12-13H2,1-2H3,(H,23,28). The zero-order valence-electron chi connectivity index (χ0n) is 17.7. The average Bonchev–Trinajstić information content (AvgIpc) is 3.47. The van der Waals surface area contributed by atoms with Crippen molar-refractivity contribution in [2.45, 2.75) is 58.6 Å². The first-order valence-electron chi connectivity index (χ1n) is 10.6. The lowest BCUT2D eigenvalue weighted by Gasteiger charge is -2.22. The molecule has 9 heteroatoms. The van der Waals surface area contributed by atoms with Crippen molar-refractivity contribution in [2.75, 3.05) is 24.6 Å². The predicted molar refractivity (Wildman–Crippen MR) is 117 cm³/mol. The van der Waals surface area contributed by atoms with Gasteiger partial charge in [0.05, 0.1) is 25.0 Å². The Morgan fingerprint density at radius 1 is 1.43 bits per heavy atom. The van der Waals surface area contributed by atoms with Gasteiger partial charge in [-0.3, -0.25) is 14.5 Å². The van der Waals surface area contributed by atoms with E-state index in [1.807, 2.05) is 10.8 Å². The number of amides is 2. The Morgan fingerprint density at radius 3 is 3.00 bits per heavy atom. The second-order valence-electron chi connectivity index (χ2n) is 7.98. The van der Waals surface area contributed by atoms with Crippen LogP contribution in [-0.4, -0.2) is 52.1 Å². The lowest BCUT2D eigenvalue weighted by molar-refractivity contribution is -0.120. The highest BCUT2D eigenvalue weighted by Crippen LogP contribution is 2.26. The number of imidazole rings is 1. The Labute approximate surface area is 181 Å². The van der Waals surface area contributed by atoms with Crippen molar-refractivity contribution in [3.05, 3.63) is 29.8 Å². The summed E-state index contributed by atoms with van der Waals surface area (Å²) < 4.78 is 7.60. The molecule has 1 N–H and O–H groups in total.